The van der Waals surface area contributed by atoms with Crippen LogP contribution in [0.25, 0.3) is 0 Å². The standard InChI is InChI=1S/C11H24N2O2S/c1-10(7-9-16(4)15)12-8-5-6-11(14)13(2)3/h10,12H,5-9H2,1-4H3. The minimum Gasteiger partial charge on any atom is -0.349 e. The van der Waals surface area contributed by atoms with Crippen LogP contribution in [0.4, 0.5) is 0 Å². The number of hydrogen-bond donors (Lipinski definition) is 1. The predicted octanol–water partition coefficient (Wildman–Crippen LogP) is 0.602. The fourth-order valence-electron chi connectivity index (χ4n) is 1.26. The topological polar surface area (TPSA) is 49.4 Å². The Morgan fingerprint density at radius 1 is 1.44 bits per heavy atom. The largest absolute Gasteiger partial charge is 0.349 e. The molecule has 0 saturated heterocycles. The highest BCUT2D eigenvalue weighted by molar-refractivity contribution is 7.84. The summed E-state index contributed by atoms with van der Waals surface area (Å²) in [6, 6.07) is 0.373. The van der Waals surface area contributed by atoms with Gasteiger partial charge in [0.1, 0.15) is 0 Å². The second-order valence-electron chi connectivity index (χ2n) is 4.31. The number of rotatable bonds is 8. The van der Waals surface area contributed by atoms with Gasteiger partial charge >= 0.3 is 0 Å². The zero-order chi connectivity index (χ0) is 12.6. The Balaban J connectivity index is 3.44. The van der Waals surface area contributed by atoms with Crippen LogP contribution in [0.1, 0.15) is 26.2 Å². The van der Waals surface area contributed by atoms with E-state index in [1.165, 1.54) is 0 Å². The van der Waals surface area contributed by atoms with Crippen LogP contribution >= 0.6 is 0 Å². The van der Waals surface area contributed by atoms with Gasteiger partial charge in [0.25, 0.3) is 0 Å². The molecule has 1 N–H and O–H groups in total. The summed E-state index contributed by atoms with van der Waals surface area (Å²) in [5.41, 5.74) is 0. The van der Waals surface area contributed by atoms with Gasteiger partial charge in [0.2, 0.25) is 5.91 Å². The summed E-state index contributed by atoms with van der Waals surface area (Å²) in [5.74, 6) is 0.911. The van der Waals surface area contributed by atoms with E-state index in [1.807, 2.05) is 0 Å². The highest BCUT2D eigenvalue weighted by atomic mass is 32.2. The molecule has 16 heavy (non-hydrogen) atoms. The highest BCUT2D eigenvalue weighted by Crippen LogP contribution is 1.96. The monoisotopic (exact) mass is 248 g/mol. The lowest BCUT2D eigenvalue weighted by atomic mass is 10.2. The molecule has 0 radical (unpaired) electrons. The first kappa shape index (κ1) is 15.6. The highest BCUT2D eigenvalue weighted by Gasteiger charge is 2.05. The summed E-state index contributed by atoms with van der Waals surface area (Å²) in [6.45, 7) is 2.93. The zero-order valence-electron chi connectivity index (χ0n) is 10.8. The minimum absolute atomic E-state index is 0.170. The lowest BCUT2D eigenvalue weighted by molar-refractivity contribution is -0.128. The molecule has 0 saturated carbocycles. The van der Waals surface area contributed by atoms with E-state index in [1.54, 1.807) is 25.3 Å². The van der Waals surface area contributed by atoms with Crippen molar-refractivity contribution in [1.29, 1.82) is 0 Å². The van der Waals surface area contributed by atoms with Gasteiger partial charge in [-0.05, 0) is 26.3 Å². The average Bonchev–Trinajstić information content (AvgIpc) is 2.20. The summed E-state index contributed by atoms with van der Waals surface area (Å²) in [7, 11) is 2.84. The Morgan fingerprint density at radius 3 is 2.56 bits per heavy atom. The predicted molar refractivity (Wildman–Crippen MR) is 68.9 cm³/mol. The van der Waals surface area contributed by atoms with E-state index in [0.717, 1.165) is 25.1 Å². The third-order valence-electron chi connectivity index (χ3n) is 2.40. The maximum atomic E-state index is 11.3. The van der Waals surface area contributed by atoms with Gasteiger partial charge in [0.05, 0.1) is 0 Å². The molecule has 0 aromatic rings. The maximum Gasteiger partial charge on any atom is 0.222 e. The molecule has 0 aliphatic rings. The molecular formula is C11H24N2O2S. The van der Waals surface area contributed by atoms with E-state index < -0.39 is 10.8 Å². The normalized spacial score (nSPS) is 14.5. The molecule has 2 unspecified atom stereocenters. The molecule has 5 heteroatoms. The molecule has 0 aliphatic carbocycles. The summed E-state index contributed by atoms with van der Waals surface area (Å²) in [4.78, 5) is 12.9. The molecule has 0 aromatic carbocycles. The van der Waals surface area contributed by atoms with Crippen molar-refractivity contribution in [1.82, 2.24) is 10.2 Å². The van der Waals surface area contributed by atoms with Crippen molar-refractivity contribution in [2.75, 3.05) is 32.6 Å². The molecule has 0 spiro atoms. The SMILES string of the molecule is CC(CCS(C)=O)NCCCC(=O)N(C)C. The van der Waals surface area contributed by atoms with Gasteiger partial charge in [0.15, 0.2) is 0 Å². The van der Waals surface area contributed by atoms with Crippen molar-refractivity contribution in [2.45, 2.75) is 32.2 Å². The first-order chi connectivity index (χ1) is 7.43. The van der Waals surface area contributed by atoms with Crippen molar-refractivity contribution in [3.05, 3.63) is 0 Å². The van der Waals surface area contributed by atoms with Crippen LogP contribution in [0, 0.1) is 0 Å². The Labute approximate surface area is 101 Å². The quantitative estimate of drug-likeness (QED) is 0.640. The zero-order valence-corrected chi connectivity index (χ0v) is 11.6. The summed E-state index contributed by atoms with van der Waals surface area (Å²) in [5, 5.41) is 3.33. The average molecular weight is 248 g/mol. The number of nitrogens with zero attached hydrogens (tertiary/aromatic N) is 1. The van der Waals surface area contributed by atoms with Gasteiger partial charge in [-0.1, -0.05) is 0 Å². The molecule has 0 aromatic heterocycles. The Hall–Kier alpha value is -0.420. The van der Waals surface area contributed by atoms with E-state index in [0.29, 0.717) is 12.5 Å². The Bertz CT molecular complexity index is 232. The third-order valence-corrected chi connectivity index (χ3v) is 3.21. The molecule has 0 heterocycles. The number of amides is 1. The van der Waals surface area contributed by atoms with Gasteiger partial charge in [-0.15, -0.1) is 0 Å². The lowest BCUT2D eigenvalue weighted by Gasteiger charge is -2.14. The third kappa shape index (κ3) is 8.85. The molecule has 0 bridgehead atoms. The van der Waals surface area contributed by atoms with Gasteiger partial charge in [-0.3, -0.25) is 9.00 Å². The second-order valence-corrected chi connectivity index (χ2v) is 5.87. The smallest absolute Gasteiger partial charge is 0.222 e. The van der Waals surface area contributed by atoms with Gasteiger partial charge < -0.3 is 10.2 Å². The van der Waals surface area contributed by atoms with Gasteiger partial charge in [0, 0.05) is 49.4 Å². The number of carbonyl (C=O) groups excluding carboxylic acids is 1. The number of hydrogen-bond acceptors (Lipinski definition) is 3. The summed E-state index contributed by atoms with van der Waals surface area (Å²) >= 11 is 0. The van der Waals surface area contributed by atoms with Gasteiger partial charge in [-0.25, -0.2) is 0 Å². The molecule has 0 fully saturated rings. The fraction of sp³-hybridized carbons (Fsp3) is 0.909. The molecule has 4 nitrogen and oxygen atoms in total. The summed E-state index contributed by atoms with van der Waals surface area (Å²) < 4.78 is 10.9. The molecular weight excluding hydrogens is 224 g/mol. The van der Waals surface area contributed by atoms with E-state index in [2.05, 4.69) is 12.2 Å². The van der Waals surface area contributed by atoms with Crippen LogP contribution in [0.5, 0.6) is 0 Å². The maximum absolute atomic E-state index is 11.3. The minimum atomic E-state index is -0.708. The van der Waals surface area contributed by atoms with Crippen molar-refractivity contribution in [3.8, 4) is 0 Å². The second kappa shape index (κ2) is 8.70. The molecule has 1 amide bonds. The van der Waals surface area contributed by atoms with Crippen LogP contribution in [-0.4, -0.2) is 53.7 Å². The Morgan fingerprint density at radius 2 is 2.06 bits per heavy atom. The van der Waals surface area contributed by atoms with Crippen LogP contribution in [0.2, 0.25) is 0 Å². The molecule has 0 aliphatic heterocycles. The molecule has 2 atom stereocenters. The van der Waals surface area contributed by atoms with E-state index >= 15 is 0 Å². The van der Waals surface area contributed by atoms with Crippen LogP contribution < -0.4 is 5.32 Å². The number of carbonyl (C=O) groups is 1. The first-order valence-corrected chi connectivity index (χ1v) is 7.39. The van der Waals surface area contributed by atoms with Crippen LogP contribution in [0.15, 0.2) is 0 Å². The van der Waals surface area contributed by atoms with Crippen molar-refractivity contribution >= 4 is 16.7 Å². The molecule has 96 valence electrons. The van der Waals surface area contributed by atoms with Gasteiger partial charge in [-0.2, -0.15) is 0 Å². The molecule has 0 rings (SSSR count). The lowest BCUT2D eigenvalue weighted by Crippen LogP contribution is -2.29. The van der Waals surface area contributed by atoms with Crippen molar-refractivity contribution < 1.29 is 9.00 Å². The van der Waals surface area contributed by atoms with E-state index in [4.69, 9.17) is 0 Å². The van der Waals surface area contributed by atoms with E-state index in [-0.39, 0.29) is 5.91 Å². The van der Waals surface area contributed by atoms with E-state index in [9.17, 15) is 9.00 Å². The first-order valence-electron chi connectivity index (χ1n) is 5.67. The van der Waals surface area contributed by atoms with Crippen LogP contribution in [-0.2, 0) is 15.6 Å². The number of nitrogens with one attached hydrogen (secondary N) is 1. The van der Waals surface area contributed by atoms with Crippen LogP contribution in [0.3, 0.4) is 0 Å². The fourth-order valence-corrected chi connectivity index (χ4v) is 1.94. The Kier molecular flexibility index (Phi) is 8.47. The summed E-state index contributed by atoms with van der Waals surface area (Å²) in [6.07, 6.45) is 4.09. The van der Waals surface area contributed by atoms with Crippen molar-refractivity contribution in [2.24, 2.45) is 0 Å². The van der Waals surface area contributed by atoms with Crippen molar-refractivity contribution in [3.63, 3.8) is 0 Å².